The summed E-state index contributed by atoms with van der Waals surface area (Å²) in [6.45, 7) is 14.8. The molecule has 1 aliphatic rings. The molecule has 1 heterocycles. The third kappa shape index (κ3) is 10.6. The fourth-order valence-corrected chi connectivity index (χ4v) is 5.70. The maximum Gasteiger partial charge on any atom is 0.306 e. The van der Waals surface area contributed by atoms with Crippen LogP contribution in [0.2, 0.25) is 0 Å². The van der Waals surface area contributed by atoms with Crippen LogP contribution in [0.1, 0.15) is 82.1 Å². The minimum atomic E-state index is -0.389. The SMILES string of the molecule is CC(C)=CCC/C(C)=C/COC(=O)CC(c1ccccc1)C(C)C(=O)c1ccc(OCC[N+]2(C)CCC(C)C2)cc1. The summed E-state index contributed by atoms with van der Waals surface area (Å²) in [5, 5.41) is 0. The predicted octanol–water partition coefficient (Wildman–Crippen LogP) is 7.78. The number of hydrogen-bond donors (Lipinski definition) is 0. The zero-order valence-electron chi connectivity index (χ0n) is 26.0. The number of allylic oxidation sites excluding steroid dienone is 3. The molecule has 41 heavy (non-hydrogen) atoms. The van der Waals surface area contributed by atoms with Crippen LogP contribution in [0.4, 0.5) is 0 Å². The Morgan fingerprint density at radius 3 is 2.37 bits per heavy atom. The van der Waals surface area contributed by atoms with Crippen molar-refractivity contribution in [1.29, 1.82) is 0 Å². The van der Waals surface area contributed by atoms with Gasteiger partial charge in [0.2, 0.25) is 0 Å². The maximum absolute atomic E-state index is 13.6. The molecule has 1 fully saturated rings. The topological polar surface area (TPSA) is 52.6 Å². The summed E-state index contributed by atoms with van der Waals surface area (Å²) in [5.74, 6) is 0.608. The number of nitrogens with zero attached hydrogens (tertiary/aromatic N) is 1. The molecule has 0 aromatic heterocycles. The van der Waals surface area contributed by atoms with Gasteiger partial charge in [-0.1, -0.05) is 61.4 Å². The second-order valence-electron chi connectivity index (χ2n) is 12.4. The van der Waals surface area contributed by atoms with Gasteiger partial charge in [0.15, 0.2) is 5.78 Å². The highest BCUT2D eigenvalue weighted by Crippen LogP contribution is 2.31. The summed E-state index contributed by atoms with van der Waals surface area (Å²) < 4.78 is 12.7. The van der Waals surface area contributed by atoms with Crippen molar-refractivity contribution in [2.45, 2.75) is 66.2 Å². The van der Waals surface area contributed by atoms with Gasteiger partial charge in [-0.3, -0.25) is 9.59 Å². The summed E-state index contributed by atoms with van der Waals surface area (Å²) in [6.07, 6.45) is 7.55. The molecule has 1 saturated heterocycles. The number of quaternary nitrogens is 1. The number of hydrogen-bond acceptors (Lipinski definition) is 4. The van der Waals surface area contributed by atoms with Crippen LogP contribution in [0, 0.1) is 11.8 Å². The van der Waals surface area contributed by atoms with Crippen LogP contribution in [0.5, 0.6) is 5.75 Å². The Morgan fingerprint density at radius 2 is 1.73 bits per heavy atom. The average molecular weight is 561 g/mol. The summed E-state index contributed by atoms with van der Waals surface area (Å²) >= 11 is 0. The zero-order valence-corrected chi connectivity index (χ0v) is 26.0. The molecule has 0 N–H and O–H groups in total. The molecule has 2 aromatic carbocycles. The summed E-state index contributed by atoms with van der Waals surface area (Å²) in [6, 6.07) is 17.2. The van der Waals surface area contributed by atoms with Gasteiger partial charge in [-0.05, 0) is 69.5 Å². The van der Waals surface area contributed by atoms with Crippen LogP contribution in [0.25, 0.3) is 0 Å². The van der Waals surface area contributed by atoms with Gasteiger partial charge in [0, 0.05) is 29.7 Å². The molecular formula is C36H50NO4+. The molecule has 4 unspecified atom stereocenters. The highest BCUT2D eigenvalue weighted by molar-refractivity contribution is 5.98. The van der Waals surface area contributed by atoms with Gasteiger partial charge in [-0.2, -0.15) is 0 Å². The Balaban J connectivity index is 1.58. The monoisotopic (exact) mass is 560 g/mol. The van der Waals surface area contributed by atoms with Crippen molar-refractivity contribution in [1.82, 2.24) is 0 Å². The van der Waals surface area contributed by atoms with Crippen molar-refractivity contribution in [3.63, 3.8) is 0 Å². The first-order valence-corrected chi connectivity index (χ1v) is 15.2. The van der Waals surface area contributed by atoms with E-state index in [-0.39, 0.29) is 36.6 Å². The third-order valence-electron chi connectivity index (χ3n) is 8.35. The molecule has 0 saturated carbocycles. The largest absolute Gasteiger partial charge is 0.488 e. The van der Waals surface area contributed by atoms with E-state index in [2.05, 4.69) is 40.8 Å². The van der Waals surface area contributed by atoms with Crippen LogP contribution in [-0.2, 0) is 9.53 Å². The van der Waals surface area contributed by atoms with E-state index in [4.69, 9.17) is 9.47 Å². The number of likely N-dealkylation sites (N-methyl/N-ethyl adjacent to an activating group) is 1. The first-order valence-electron chi connectivity index (χ1n) is 15.2. The molecule has 0 bridgehead atoms. The van der Waals surface area contributed by atoms with Crippen molar-refractivity contribution in [2.24, 2.45) is 11.8 Å². The van der Waals surface area contributed by atoms with Crippen LogP contribution < -0.4 is 4.74 Å². The fourth-order valence-electron chi connectivity index (χ4n) is 5.70. The number of ketones is 1. The molecule has 1 aliphatic heterocycles. The quantitative estimate of drug-likeness (QED) is 0.0966. The molecular weight excluding hydrogens is 510 g/mol. The number of carbonyl (C=O) groups is 2. The van der Waals surface area contributed by atoms with Crippen LogP contribution in [0.3, 0.4) is 0 Å². The van der Waals surface area contributed by atoms with Crippen molar-refractivity contribution < 1.29 is 23.5 Å². The summed E-state index contributed by atoms with van der Waals surface area (Å²) in [7, 11) is 2.31. The number of ether oxygens (including phenoxy) is 2. The number of Topliss-reactive ketones (excluding diaryl/α,β-unsaturated/α-hetero) is 1. The van der Waals surface area contributed by atoms with Gasteiger partial charge in [-0.15, -0.1) is 0 Å². The van der Waals surface area contributed by atoms with Crippen molar-refractivity contribution in [3.8, 4) is 5.75 Å². The average Bonchev–Trinajstić information content (AvgIpc) is 3.29. The molecule has 5 heteroatoms. The molecule has 2 aromatic rings. The van der Waals surface area contributed by atoms with Gasteiger partial charge < -0.3 is 14.0 Å². The number of likely N-dealkylation sites (tertiary alicyclic amines) is 1. The predicted molar refractivity (Wildman–Crippen MR) is 167 cm³/mol. The standard InChI is InChI=1S/C36H50NO4/c1-27(2)11-10-12-28(3)20-23-41-35(38)25-34(31-13-8-7-9-14-31)30(5)36(39)32-15-17-33(18-16-32)40-24-22-37(6)21-19-29(4)26-37/h7-9,11,13-18,20,29-30,34H,10,12,19,21-26H2,1-6H3/q+1/b28-20+. The van der Waals surface area contributed by atoms with E-state index in [1.807, 2.05) is 67.6 Å². The maximum atomic E-state index is 13.6. The fraction of sp³-hybridized carbons (Fsp3) is 0.500. The number of rotatable bonds is 15. The minimum absolute atomic E-state index is 0.0114. The van der Waals surface area contributed by atoms with Crippen molar-refractivity contribution in [3.05, 3.63) is 89.0 Å². The van der Waals surface area contributed by atoms with Gasteiger partial charge >= 0.3 is 5.97 Å². The Kier molecular flexibility index (Phi) is 12.4. The molecule has 0 spiro atoms. The van der Waals surface area contributed by atoms with Crippen molar-refractivity contribution >= 4 is 11.8 Å². The third-order valence-corrected chi connectivity index (χ3v) is 8.35. The second-order valence-corrected chi connectivity index (χ2v) is 12.4. The first kappa shape index (κ1) is 32.3. The van der Waals surface area contributed by atoms with Gasteiger partial charge in [-0.25, -0.2) is 0 Å². The Hall–Kier alpha value is -3.18. The number of carbonyl (C=O) groups excluding carboxylic acids is 2. The molecule has 4 atom stereocenters. The molecule has 5 nitrogen and oxygen atoms in total. The molecule has 0 radical (unpaired) electrons. The Bertz CT molecular complexity index is 1180. The van der Waals surface area contributed by atoms with E-state index in [0.717, 1.165) is 41.1 Å². The summed E-state index contributed by atoms with van der Waals surface area (Å²) in [4.78, 5) is 26.4. The minimum Gasteiger partial charge on any atom is -0.488 e. The molecule has 0 aliphatic carbocycles. The lowest BCUT2D eigenvalue weighted by Gasteiger charge is -2.29. The Labute approximate surface area is 247 Å². The van der Waals surface area contributed by atoms with Crippen LogP contribution in [0.15, 0.2) is 77.9 Å². The molecule has 3 rings (SSSR count). The van der Waals surface area contributed by atoms with Gasteiger partial charge in [0.05, 0.1) is 26.6 Å². The molecule has 222 valence electrons. The molecule has 0 amide bonds. The van der Waals surface area contributed by atoms with E-state index in [1.165, 1.54) is 30.7 Å². The zero-order chi connectivity index (χ0) is 29.8. The van der Waals surface area contributed by atoms with E-state index < -0.39 is 0 Å². The highest BCUT2D eigenvalue weighted by Gasteiger charge is 2.32. The second kappa shape index (κ2) is 15.7. The van der Waals surface area contributed by atoms with Crippen LogP contribution in [-0.4, -0.2) is 56.1 Å². The van der Waals surface area contributed by atoms with E-state index in [0.29, 0.717) is 12.2 Å². The number of benzene rings is 2. The van der Waals surface area contributed by atoms with Gasteiger partial charge in [0.1, 0.15) is 25.5 Å². The normalized spacial score (nSPS) is 20.2. The lowest BCUT2D eigenvalue weighted by atomic mass is 9.80. The van der Waals surface area contributed by atoms with E-state index >= 15 is 0 Å². The lowest BCUT2D eigenvalue weighted by molar-refractivity contribution is -0.899. The van der Waals surface area contributed by atoms with Crippen LogP contribution >= 0.6 is 0 Å². The Morgan fingerprint density at radius 1 is 1.02 bits per heavy atom. The highest BCUT2D eigenvalue weighted by atomic mass is 16.5. The first-order chi connectivity index (χ1) is 19.6. The van der Waals surface area contributed by atoms with E-state index in [9.17, 15) is 9.59 Å². The lowest BCUT2D eigenvalue weighted by Crippen LogP contribution is -2.44. The van der Waals surface area contributed by atoms with Gasteiger partial charge in [0.25, 0.3) is 0 Å². The summed E-state index contributed by atoms with van der Waals surface area (Å²) in [5.41, 5.74) is 4.10. The van der Waals surface area contributed by atoms with E-state index in [1.54, 1.807) is 0 Å². The smallest absolute Gasteiger partial charge is 0.306 e. The number of esters is 1. The van der Waals surface area contributed by atoms with Crippen molar-refractivity contribution in [2.75, 3.05) is 39.9 Å².